The zero-order valence-electron chi connectivity index (χ0n) is 22.9. The average molecular weight is 607 g/mol. The van der Waals surface area contributed by atoms with Crippen LogP contribution in [0, 0.1) is 0 Å². The number of nitrogens with one attached hydrogen (secondary N) is 2. The van der Waals surface area contributed by atoms with Gasteiger partial charge in [0.15, 0.2) is 5.58 Å². The van der Waals surface area contributed by atoms with Gasteiger partial charge in [0.1, 0.15) is 12.6 Å². The van der Waals surface area contributed by atoms with Gasteiger partial charge >= 0.3 is 11.9 Å². The second-order valence-electron chi connectivity index (χ2n) is 10.2. The van der Waals surface area contributed by atoms with Crippen molar-refractivity contribution in [3.8, 4) is 0 Å². The highest BCUT2D eigenvalue weighted by molar-refractivity contribution is 7.99. The number of likely N-dealkylation sites (tertiary alicyclic amines) is 1. The third-order valence-electron chi connectivity index (χ3n) is 7.04. The molecule has 226 valence electrons. The molecule has 2 aromatic carbocycles. The zero-order chi connectivity index (χ0) is 30.1. The van der Waals surface area contributed by atoms with E-state index in [2.05, 4.69) is 27.7 Å². The standard InChI is InChI=1S/C29H33F3N4O5S/c30-29(31,32)25(37)19-42-16-6-9-22(34-26(38)18-36-23-10-4-5-11-24(23)41-28(36)40)27(39)33-21-12-14-35(15-13-21)17-20-7-2-1-3-8-20/h1-5,7-8,10-11,21-22H,6,9,12-19H2,(H,33,39)(H,34,38)/t22-/m0/s1. The normalized spacial score (nSPS) is 15.4. The summed E-state index contributed by atoms with van der Waals surface area (Å²) in [4.78, 5) is 51.9. The van der Waals surface area contributed by atoms with Gasteiger partial charge in [-0.1, -0.05) is 42.5 Å². The largest absolute Gasteiger partial charge is 0.450 e. The van der Waals surface area contributed by atoms with Crippen LogP contribution in [0.5, 0.6) is 0 Å². The first-order valence-corrected chi connectivity index (χ1v) is 14.9. The van der Waals surface area contributed by atoms with E-state index in [1.165, 1.54) is 10.1 Å². The number of thioether (sulfide) groups is 1. The minimum atomic E-state index is -4.88. The molecule has 1 atom stereocenters. The van der Waals surface area contributed by atoms with Crippen molar-refractivity contribution >= 4 is 40.5 Å². The van der Waals surface area contributed by atoms with Gasteiger partial charge in [-0.2, -0.15) is 24.9 Å². The van der Waals surface area contributed by atoms with Crippen molar-refractivity contribution in [2.24, 2.45) is 0 Å². The Morgan fingerprint density at radius 1 is 1.02 bits per heavy atom. The minimum Gasteiger partial charge on any atom is -0.408 e. The highest BCUT2D eigenvalue weighted by Gasteiger charge is 2.37. The fourth-order valence-electron chi connectivity index (χ4n) is 4.83. The molecule has 13 heteroatoms. The van der Waals surface area contributed by atoms with Crippen LogP contribution in [0.4, 0.5) is 13.2 Å². The fourth-order valence-corrected chi connectivity index (χ4v) is 5.70. The maximum atomic E-state index is 13.3. The minimum absolute atomic E-state index is 0.0943. The van der Waals surface area contributed by atoms with Gasteiger partial charge in [-0.05, 0) is 49.1 Å². The second-order valence-corrected chi connectivity index (χ2v) is 11.3. The van der Waals surface area contributed by atoms with Crippen LogP contribution in [0.2, 0.25) is 0 Å². The first-order chi connectivity index (χ1) is 20.1. The molecule has 0 unspecified atom stereocenters. The molecule has 1 aromatic heterocycles. The lowest BCUT2D eigenvalue weighted by molar-refractivity contribution is -0.167. The van der Waals surface area contributed by atoms with Crippen molar-refractivity contribution in [3.05, 3.63) is 70.7 Å². The number of para-hydroxylation sites is 2. The number of halogens is 3. The molecule has 0 aliphatic carbocycles. The lowest BCUT2D eigenvalue weighted by Crippen LogP contribution is -2.52. The highest BCUT2D eigenvalue weighted by atomic mass is 32.2. The molecule has 42 heavy (non-hydrogen) atoms. The number of rotatable bonds is 13. The van der Waals surface area contributed by atoms with Crippen LogP contribution in [0.1, 0.15) is 31.2 Å². The molecule has 2 heterocycles. The van der Waals surface area contributed by atoms with E-state index in [4.69, 9.17) is 4.42 Å². The molecule has 0 saturated carbocycles. The number of piperidine rings is 1. The number of amides is 2. The second kappa shape index (κ2) is 14.5. The molecule has 1 fully saturated rings. The predicted molar refractivity (Wildman–Crippen MR) is 153 cm³/mol. The van der Waals surface area contributed by atoms with E-state index in [0.717, 1.165) is 44.2 Å². The SMILES string of the molecule is O=C(Cn1c(=O)oc2ccccc21)N[C@@H](CCCSCC(=O)C(F)(F)F)C(=O)NC1CCN(Cc2ccccc2)CC1. The van der Waals surface area contributed by atoms with Gasteiger partial charge in [0.05, 0.1) is 11.3 Å². The van der Waals surface area contributed by atoms with Crippen molar-refractivity contribution in [3.63, 3.8) is 0 Å². The van der Waals surface area contributed by atoms with Crippen LogP contribution < -0.4 is 16.4 Å². The quantitative estimate of drug-likeness (QED) is 0.287. The molecule has 2 amide bonds. The van der Waals surface area contributed by atoms with Crippen molar-refractivity contribution in [2.75, 3.05) is 24.6 Å². The lowest BCUT2D eigenvalue weighted by Gasteiger charge is -2.33. The van der Waals surface area contributed by atoms with Crippen LogP contribution in [0.15, 0.2) is 63.8 Å². The van der Waals surface area contributed by atoms with E-state index in [-0.39, 0.29) is 31.2 Å². The number of nitrogens with zero attached hydrogens (tertiary/aromatic N) is 2. The summed E-state index contributed by atoms with van der Waals surface area (Å²) in [5, 5.41) is 5.69. The first-order valence-electron chi connectivity index (χ1n) is 13.7. The van der Waals surface area contributed by atoms with E-state index >= 15 is 0 Å². The zero-order valence-corrected chi connectivity index (χ0v) is 23.7. The molecule has 9 nitrogen and oxygen atoms in total. The van der Waals surface area contributed by atoms with Crippen LogP contribution >= 0.6 is 11.8 Å². The van der Waals surface area contributed by atoms with Gasteiger partial charge in [-0.15, -0.1) is 0 Å². The number of hydrogen-bond donors (Lipinski definition) is 2. The van der Waals surface area contributed by atoms with Gasteiger partial charge in [0.2, 0.25) is 17.6 Å². The number of benzene rings is 2. The van der Waals surface area contributed by atoms with Crippen molar-refractivity contribution in [1.82, 2.24) is 20.1 Å². The first kappa shape index (κ1) is 31.4. The predicted octanol–water partition coefficient (Wildman–Crippen LogP) is 3.50. The van der Waals surface area contributed by atoms with Gasteiger partial charge in [0, 0.05) is 25.7 Å². The summed E-state index contributed by atoms with van der Waals surface area (Å²) >= 11 is 0.827. The Kier molecular flexibility index (Phi) is 10.9. The van der Waals surface area contributed by atoms with Crippen LogP contribution in [0.25, 0.3) is 11.1 Å². The molecule has 2 N–H and O–H groups in total. The summed E-state index contributed by atoms with van der Waals surface area (Å²) in [6.45, 7) is 2.03. The maximum absolute atomic E-state index is 13.3. The topological polar surface area (TPSA) is 114 Å². The number of carbonyl (C=O) groups is 3. The third-order valence-corrected chi connectivity index (χ3v) is 8.08. The summed E-state index contributed by atoms with van der Waals surface area (Å²) in [5.74, 6) is -4.01. The highest BCUT2D eigenvalue weighted by Crippen LogP contribution is 2.20. The molecular weight excluding hydrogens is 573 g/mol. The van der Waals surface area contributed by atoms with Crippen molar-refractivity contribution in [2.45, 2.75) is 57.0 Å². The molecule has 0 radical (unpaired) electrons. The van der Waals surface area contributed by atoms with Crippen molar-refractivity contribution in [1.29, 1.82) is 0 Å². The summed E-state index contributed by atoms with van der Waals surface area (Å²) in [7, 11) is 0. The molecular formula is C29H33F3N4O5S. The molecule has 3 aromatic rings. The molecule has 0 spiro atoms. The summed E-state index contributed by atoms with van der Waals surface area (Å²) < 4.78 is 43.8. The fraction of sp³-hybridized carbons (Fsp3) is 0.448. The number of Topliss-reactive ketones (excluding diaryl/α,β-unsaturated/α-hetero) is 1. The smallest absolute Gasteiger partial charge is 0.408 e. The van der Waals surface area contributed by atoms with E-state index in [0.29, 0.717) is 11.1 Å². The summed E-state index contributed by atoms with van der Waals surface area (Å²) in [6, 6.07) is 15.7. The van der Waals surface area contributed by atoms with E-state index in [9.17, 15) is 32.3 Å². The number of oxazole rings is 1. The number of carbonyl (C=O) groups excluding carboxylic acids is 3. The molecule has 4 rings (SSSR count). The Labute approximate surface area is 244 Å². The van der Waals surface area contributed by atoms with Gasteiger partial charge in [-0.25, -0.2) is 4.79 Å². The lowest BCUT2D eigenvalue weighted by atomic mass is 10.0. The van der Waals surface area contributed by atoms with Crippen LogP contribution in [0.3, 0.4) is 0 Å². The Balaban J connectivity index is 1.33. The summed E-state index contributed by atoms with van der Waals surface area (Å²) in [5.41, 5.74) is 1.97. The summed E-state index contributed by atoms with van der Waals surface area (Å²) in [6.07, 6.45) is -2.98. The van der Waals surface area contributed by atoms with Crippen molar-refractivity contribution < 1.29 is 32.0 Å². The number of ketones is 1. The van der Waals surface area contributed by atoms with Crippen LogP contribution in [-0.4, -0.2) is 69.9 Å². The third kappa shape index (κ3) is 8.96. The maximum Gasteiger partial charge on any atom is 0.450 e. The number of alkyl halides is 3. The monoisotopic (exact) mass is 606 g/mol. The van der Waals surface area contributed by atoms with E-state index < -0.39 is 41.3 Å². The molecule has 1 saturated heterocycles. The molecule has 0 bridgehead atoms. The van der Waals surface area contributed by atoms with Gasteiger partial charge in [-0.3, -0.25) is 23.9 Å². The van der Waals surface area contributed by atoms with Crippen LogP contribution in [-0.2, 0) is 27.5 Å². The Morgan fingerprint density at radius 3 is 2.43 bits per heavy atom. The Hall–Kier alpha value is -3.58. The number of aromatic nitrogens is 1. The Bertz CT molecular complexity index is 1420. The number of fused-ring (bicyclic) bond motifs is 1. The molecule has 1 aliphatic rings. The molecule has 1 aliphatic heterocycles. The average Bonchev–Trinajstić information content (AvgIpc) is 3.27. The Morgan fingerprint density at radius 2 is 1.71 bits per heavy atom. The van der Waals surface area contributed by atoms with E-state index in [1.54, 1.807) is 24.3 Å². The van der Waals surface area contributed by atoms with Gasteiger partial charge < -0.3 is 15.1 Å². The number of hydrogen-bond acceptors (Lipinski definition) is 7. The van der Waals surface area contributed by atoms with E-state index in [1.807, 2.05) is 18.2 Å². The van der Waals surface area contributed by atoms with Gasteiger partial charge in [0.25, 0.3) is 0 Å².